The van der Waals surface area contributed by atoms with Gasteiger partial charge in [0.2, 0.25) is 0 Å². The number of ether oxygens (including phenoxy) is 1. The average molecular weight is 462 g/mol. The highest BCUT2D eigenvalue weighted by atomic mass is 127. The van der Waals surface area contributed by atoms with Gasteiger partial charge in [0.15, 0.2) is 5.96 Å². The number of piperidine rings is 1. The number of halogens is 1. The van der Waals surface area contributed by atoms with Gasteiger partial charge in [-0.3, -0.25) is 9.89 Å². The number of hydrogen-bond donors (Lipinski definition) is 1. The van der Waals surface area contributed by atoms with Gasteiger partial charge in [-0.05, 0) is 31.4 Å². The molecular weight excluding hydrogens is 431 g/mol. The van der Waals surface area contributed by atoms with E-state index in [4.69, 9.17) is 14.1 Å². The van der Waals surface area contributed by atoms with E-state index in [2.05, 4.69) is 15.1 Å². The number of hydrogen-bond acceptors (Lipinski definition) is 4. The second-order valence-corrected chi connectivity index (χ2v) is 6.46. The molecule has 0 saturated carbocycles. The summed E-state index contributed by atoms with van der Waals surface area (Å²) in [6, 6.07) is 3.97. The first kappa shape index (κ1) is 20.5. The molecule has 6 nitrogen and oxygen atoms in total. The number of nitrogens with zero attached hydrogens (tertiary/aromatic N) is 3. The van der Waals surface area contributed by atoms with Gasteiger partial charge < -0.3 is 19.4 Å². The van der Waals surface area contributed by atoms with Crippen molar-refractivity contribution in [2.45, 2.75) is 25.7 Å². The van der Waals surface area contributed by atoms with Crippen LogP contribution in [0.25, 0.3) is 0 Å². The lowest BCUT2D eigenvalue weighted by molar-refractivity contribution is 0.0394. The van der Waals surface area contributed by atoms with E-state index in [0.717, 1.165) is 77.2 Å². The molecule has 7 heteroatoms. The van der Waals surface area contributed by atoms with Gasteiger partial charge >= 0.3 is 0 Å². The number of morpholine rings is 1. The summed E-state index contributed by atoms with van der Waals surface area (Å²) >= 11 is 0. The molecule has 0 amide bonds. The normalized spacial score (nSPS) is 19.5. The summed E-state index contributed by atoms with van der Waals surface area (Å²) in [5.74, 6) is 2.09. The van der Waals surface area contributed by atoms with Crippen molar-refractivity contribution in [1.29, 1.82) is 0 Å². The number of furan rings is 1. The summed E-state index contributed by atoms with van der Waals surface area (Å²) in [4.78, 5) is 9.72. The van der Waals surface area contributed by atoms with Crippen molar-refractivity contribution < 1.29 is 9.15 Å². The van der Waals surface area contributed by atoms with Crippen molar-refractivity contribution in [3.8, 4) is 0 Å². The van der Waals surface area contributed by atoms with Gasteiger partial charge in [-0.1, -0.05) is 0 Å². The first-order valence-electron chi connectivity index (χ1n) is 9.27. The van der Waals surface area contributed by atoms with E-state index in [9.17, 15) is 0 Å². The van der Waals surface area contributed by atoms with Crippen LogP contribution in [0, 0.1) is 0 Å². The second kappa shape index (κ2) is 11.7. The first-order chi connectivity index (χ1) is 11.9. The van der Waals surface area contributed by atoms with Crippen LogP contribution in [0.15, 0.2) is 27.8 Å². The van der Waals surface area contributed by atoms with Crippen LogP contribution in [0.3, 0.4) is 0 Å². The van der Waals surface area contributed by atoms with E-state index in [1.807, 2.05) is 12.1 Å². The van der Waals surface area contributed by atoms with Crippen molar-refractivity contribution in [2.24, 2.45) is 4.99 Å². The van der Waals surface area contributed by atoms with Gasteiger partial charge in [-0.25, -0.2) is 0 Å². The molecule has 0 spiro atoms. The summed E-state index contributed by atoms with van der Waals surface area (Å²) in [7, 11) is 0. The van der Waals surface area contributed by atoms with Crippen LogP contribution in [0.5, 0.6) is 0 Å². The number of nitrogens with one attached hydrogen (secondary N) is 1. The maximum absolute atomic E-state index is 5.41. The van der Waals surface area contributed by atoms with E-state index in [1.165, 1.54) is 19.3 Å². The Morgan fingerprint density at radius 2 is 1.92 bits per heavy atom. The number of rotatable bonds is 6. The molecule has 1 N–H and O–H groups in total. The molecule has 1 aromatic rings. The Kier molecular flexibility index (Phi) is 9.64. The SMILES string of the molecule is I.c1coc(CCNC(=NCCN2CCOCC2)N2CCCCC2)c1. The quantitative estimate of drug-likeness (QED) is 0.399. The highest BCUT2D eigenvalue weighted by Gasteiger charge is 2.15. The summed E-state index contributed by atoms with van der Waals surface area (Å²) in [6.07, 6.45) is 6.50. The van der Waals surface area contributed by atoms with Gasteiger partial charge in [0.05, 0.1) is 26.0 Å². The molecule has 142 valence electrons. The molecule has 3 heterocycles. The third kappa shape index (κ3) is 7.15. The van der Waals surface area contributed by atoms with E-state index >= 15 is 0 Å². The van der Waals surface area contributed by atoms with Gasteiger partial charge in [-0.2, -0.15) is 0 Å². The van der Waals surface area contributed by atoms with Crippen LogP contribution in [-0.4, -0.2) is 74.8 Å². The van der Waals surface area contributed by atoms with Crippen LogP contribution in [0.2, 0.25) is 0 Å². The molecule has 3 rings (SSSR count). The Morgan fingerprint density at radius 3 is 2.64 bits per heavy atom. The Balaban J connectivity index is 0.00000225. The fraction of sp³-hybridized carbons (Fsp3) is 0.722. The molecular formula is C18H31IN4O2. The van der Waals surface area contributed by atoms with Crippen LogP contribution in [-0.2, 0) is 11.2 Å². The molecule has 0 atom stereocenters. The molecule has 0 aliphatic carbocycles. The zero-order valence-electron chi connectivity index (χ0n) is 15.0. The Hall–Kier alpha value is -0.800. The molecule has 2 aliphatic heterocycles. The molecule has 25 heavy (non-hydrogen) atoms. The molecule has 0 aromatic carbocycles. The minimum Gasteiger partial charge on any atom is -0.469 e. The lowest BCUT2D eigenvalue weighted by Gasteiger charge is -2.31. The van der Waals surface area contributed by atoms with Crippen molar-refractivity contribution in [3.05, 3.63) is 24.2 Å². The highest BCUT2D eigenvalue weighted by Crippen LogP contribution is 2.09. The summed E-state index contributed by atoms with van der Waals surface area (Å²) in [5, 5.41) is 3.54. The summed E-state index contributed by atoms with van der Waals surface area (Å²) < 4.78 is 10.8. The smallest absolute Gasteiger partial charge is 0.193 e. The van der Waals surface area contributed by atoms with Gasteiger partial charge in [0.1, 0.15) is 5.76 Å². The molecule has 0 radical (unpaired) electrons. The third-order valence-electron chi connectivity index (χ3n) is 4.67. The van der Waals surface area contributed by atoms with E-state index in [-0.39, 0.29) is 24.0 Å². The number of guanidine groups is 1. The molecule has 0 bridgehead atoms. The molecule has 1 aromatic heterocycles. The molecule has 0 unspecified atom stereocenters. The summed E-state index contributed by atoms with van der Waals surface area (Å²) in [5.41, 5.74) is 0. The van der Waals surface area contributed by atoms with Crippen molar-refractivity contribution in [3.63, 3.8) is 0 Å². The Bertz CT molecular complexity index is 483. The fourth-order valence-electron chi connectivity index (χ4n) is 3.25. The van der Waals surface area contributed by atoms with Crippen LogP contribution >= 0.6 is 24.0 Å². The van der Waals surface area contributed by atoms with Crippen LogP contribution in [0.4, 0.5) is 0 Å². The van der Waals surface area contributed by atoms with Gasteiger partial charge in [0, 0.05) is 45.7 Å². The van der Waals surface area contributed by atoms with Crippen molar-refractivity contribution >= 4 is 29.9 Å². The predicted molar refractivity (Wildman–Crippen MR) is 111 cm³/mol. The number of aliphatic imine (C=N–C) groups is 1. The first-order valence-corrected chi connectivity index (χ1v) is 9.27. The second-order valence-electron chi connectivity index (χ2n) is 6.46. The Morgan fingerprint density at radius 1 is 1.12 bits per heavy atom. The van der Waals surface area contributed by atoms with Crippen LogP contribution < -0.4 is 5.32 Å². The maximum atomic E-state index is 5.41. The summed E-state index contributed by atoms with van der Waals surface area (Å²) in [6.45, 7) is 8.71. The minimum atomic E-state index is 0. The minimum absolute atomic E-state index is 0. The monoisotopic (exact) mass is 462 g/mol. The van der Waals surface area contributed by atoms with E-state index in [0.29, 0.717) is 0 Å². The zero-order valence-corrected chi connectivity index (χ0v) is 17.3. The lowest BCUT2D eigenvalue weighted by Crippen LogP contribution is -2.45. The molecule has 2 saturated heterocycles. The third-order valence-corrected chi connectivity index (χ3v) is 4.67. The van der Waals surface area contributed by atoms with Crippen molar-refractivity contribution in [2.75, 3.05) is 59.0 Å². The predicted octanol–water partition coefficient (Wildman–Crippen LogP) is 2.20. The fourth-order valence-corrected chi connectivity index (χ4v) is 3.25. The maximum Gasteiger partial charge on any atom is 0.193 e. The topological polar surface area (TPSA) is 53.2 Å². The van der Waals surface area contributed by atoms with E-state index in [1.54, 1.807) is 6.26 Å². The van der Waals surface area contributed by atoms with E-state index < -0.39 is 0 Å². The molecule has 2 fully saturated rings. The standard InChI is InChI=1S/C18H30N4O2.HI/c1-2-9-22(10-3-1)18(19-7-6-17-5-4-14-24-17)20-8-11-21-12-15-23-16-13-21;/h4-5,14H,1-3,6-13,15-16H2,(H,19,20);1H. The average Bonchev–Trinajstić information content (AvgIpc) is 3.15. The van der Waals surface area contributed by atoms with Crippen LogP contribution in [0.1, 0.15) is 25.0 Å². The lowest BCUT2D eigenvalue weighted by atomic mass is 10.1. The van der Waals surface area contributed by atoms with Gasteiger partial charge in [0.25, 0.3) is 0 Å². The van der Waals surface area contributed by atoms with Gasteiger partial charge in [-0.15, -0.1) is 24.0 Å². The largest absolute Gasteiger partial charge is 0.469 e. The zero-order chi connectivity index (χ0) is 16.5. The van der Waals surface area contributed by atoms with Crippen molar-refractivity contribution in [1.82, 2.24) is 15.1 Å². The molecule has 2 aliphatic rings. The highest BCUT2D eigenvalue weighted by molar-refractivity contribution is 14.0. The Labute approximate surface area is 168 Å². The number of likely N-dealkylation sites (tertiary alicyclic amines) is 1.